The Morgan fingerprint density at radius 1 is 1.48 bits per heavy atom. The normalized spacial score (nSPS) is 20.3. The lowest BCUT2D eigenvalue weighted by Gasteiger charge is -2.30. The first-order valence-electron chi connectivity index (χ1n) is 6.51. The van der Waals surface area contributed by atoms with Crippen LogP contribution in [0.4, 0.5) is 11.4 Å². The topological polar surface area (TPSA) is 127 Å². The van der Waals surface area contributed by atoms with Crippen LogP contribution in [0.2, 0.25) is 0 Å². The van der Waals surface area contributed by atoms with E-state index in [2.05, 4.69) is 0 Å². The first-order chi connectivity index (χ1) is 9.86. The number of nitro benzene ring substituents is 1. The van der Waals surface area contributed by atoms with Gasteiger partial charge >= 0.3 is 0 Å². The number of sulfonamides is 1. The van der Waals surface area contributed by atoms with E-state index in [1.165, 1.54) is 10.4 Å². The first-order valence-corrected chi connectivity index (χ1v) is 7.95. The highest BCUT2D eigenvalue weighted by Gasteiger charge is 2.30. The van der Waals surface area contributed by atoms with Gasteiger partial charge in [0.15, 0.2) is 0 Å². The van der Waals surface area contributed by atoms with Gasteiger partial charge in [0.25, 0.3) is 5.69 Å². The lowest BCUT2D eigenvalue weighted by molar-refractivity contribution is -0.383. The Hall–Kier alpha value is -1.71. The maximum Gasteiger partial charge on any atom is 0.292 e. The highest BCUT2D eigenvalue weighted by atomic mass is 32.2. The van der Waals surface area contributed by atoms with Crippen LogP contribution in [0, 0.1) is 16.0 Å². The van der Waals surface area contributed by atoms with Gasteiger partial charge in [-0.15, -0.1) is 0 Å². The van der Waals surface area contributed by atoms with Crippen molar-refractivity contribution >= 4 is 21.4 Å². The van der Waals surface area contributed by atoms with E-state index < -0.39 is 14.9 Å². The van der Waals surface area contributed by atoms with Gasteiger partial charge in [0.05, 0.1) is 9.82 Å². The fourth-order valence-corrected chi connectivity index (χ4v) is 3.99. The standard InChI is InChI=1S/C12H17N3O5S/c13-11-6-10(3-4-12(11)15(17)18)21(19,20)14-5-1-2-9(7-14)8-16/h3-4,6,9,16H,1-2,5,7-8,13H2. The molecule has 0 aliphatic carbocycles. The van der Waals surface area contributed by atoms with Crippen molar-refractivity contribution in [1.82, 2.24) is 4.31 Å². The molecule has 0 aromatic heterocycles. The molecule has 8 nitrogen and oxygen atoms in total. The molecule has 1 aliphatic heterocycles. The summed E-state index contributed by atoms with van der Waals surface area (Å²) in [5.74, 6) is -0.0797. The summed E-state index contributed by atoms with van der Waals surface area (Å²) >= 11 is 0. The van der Waals surface area contributed by atoms with Crippen LogP contribution in [0.5, 0.6) is 0 Å². The van der Waals surface area contributed by atoms with Crippen molar-refractivity contribution in [2.75, 3.05) is 25.4 Å². The molecule has 1 aliphatic rings. The van der Waals surface area contributed by atoms with Gasteiger partial charge in [-0.05, 0) is 30.9 Å². The monoisotopic (exact) mass is 315 g/mol. The van der Waals surface area contributed by atoms with Crippen molar-refractivity contribution in [1.29, 1.82) is 0 Å². The number of nitrogen functional groups attached to an aromatic ring is 1. The Labute approximate surface area is 122 Å². The summed E-state index contributed by atoms with van der Waals surface area (Å²) in [6.45, 7) is 0.555. The molecule has 9 heteroatoms. The molecule has 1 aromatic rings. The van der Waals surface area contributed by atoms with Crippen molar-refractivity contribution in [2.24, 2.45) is 5.92 Å². The van der Waals surface area contributed by atoms with Crippen LogP contribution in [0.25, 0.3) is 0 Å². The molecule has 116 valence electrons. The Kier molecular flexibility index (Phi) is 4.45. The second kappa shape index (κ2) is 5.96. The van der Waals surface area contributed by atoms with Gasteiger partial charge in [0.1, 0.15) is 5.69 Å². The summed E-state index contributed by atoms with van der Waals surface area (Å²) in [4.78, 5) is 9.98. The number of hydrogen-bond donors (Lipinski definition) is 2. The molecule has 1 unspecified atom stereocenters. The van der Waals surface area contributed by atoms with E-state index in [1.807, 2.05) is 0 Å². The van der Waals surface area contributed by atoms with Crippen LogP contribution in [0.1, 0.15) is 12.8 Å². The van der Waals surface area contributed by atoms with Gasteiger partial charge in [-0.1, -0.05) is 0 Å². The second-order valence-corrected chi connectivity index (χ2v) is 6.97. The quantitative estimate of drug-likeness (QED) is 0.475. The summed E-state index contributed by atoms with van der Waals surface area (Å²) in [7, 11) is -3.75. The van der Waals surface area contributed by atoms with Crippen molar-refractivity contribution in [3.8, 4) is 0 Å². The minimum Gasteiger partial charge on any atom is -0.396 e. The maximum atomic E-state index is 12.5. The van der Waals surface area contributed by atoms with Gasteiger partial charge in [0.2, 0.25) is 10.0 Å². The minimum atomic E-state index is -3.75. The highest BCUT2D eigenvalue weighted by Crippen LogP contribution is 2.28. The van der Waals surface area contributed by atoms with E-state index in [1.54, 1.807) is 0 Å². The van der Waals surface area contributed by atoms with Crippen LogP contribution in [-0.4, -0.2) is 42.4 Å². The van der Waals surface area contributed by atoms with Gasteiger partial charge in [-0.3, -0.25) is 10.1 Å². The number of aliphatic hydroxyl groups is 1. The third kappa shape index (κ3) is 3.14. The molecule has 0 bridgehead atoms. The summed E-state index contributed by atoms with van der Waals surface area (Å²) in [5, 5.41) is 19.9. The molecule has 0 spiro atoms. The van der Waals surface area contributed by atoms with Crippen LogP contribution in [0.15, 0.2) is 23.1 Å². The largest absolute Gasteiger partial charge is 0.396 e. The number of nitrogens with zero attached hydrogens (tertiary/aromatic N) is 2. The Morgan fingerprint density at radius 3 is 2.76 bits per heavy atom. The summed E-state index contributed by atoms with van der Waals surface area (Å²) < 4.78 is 26.3. The fraction of sp³-hybridized carbons (Fsp3) is 0.500. The molecule has 1 fully saturated rings. The fourth-order valence-electron chi connectivity index (χ4n) is 2.40. The molecule has 1 atom stereocenters. The Bertz CT molecular complexity index is 646. The molecule has 21 heavy (non-hydrogen) atoms. The van der Waals surface area contributed by atoms with Gasteiger partial charge in [0, 0.05) is 25.8 Å². The minimum absolute atomic E-state index is 0.0611. The van der Waals surface area contributed by atoms with E-state index in [0.717, 1.165) is 18.6 Å². The van der Waals surface area contributed by atoms with E-state index in [4.69, 9.17) is 5.73 Å². The molecule has 2 rings (SSSR count). The number of piperidine rings is 1. The number of nitrogens with two attached hydrogens (primary N) is 1. The summed E-state index contributed by atoms with van der Waals surface area (Å²) in [6, 6.07) is 3.39. The van der Waals surface area contributed by atoms with Gasteiger partial charge in [-0.2, -0.15) is 4.31 Å². The van der Waals surface area contributed by atoms with E-state index in [-0.39, 0.29) is 35.3 Å². The van der Waals surface area contributed by atoms with Crippen LogP contribution < -0.4 is 5.73 Å². The third-order valence-corrected chi connectivity index (χ3v) is 5.43. The predicted octanol–water partition coefficient (Wildman–Crippen LogP) is 0.570. The molecule has 1 saturated heterocycles. The van der Waals surface area contributed by atoms with Crippen LogP contribution >= 0.6 is 0 Å². The zero-order valence-electron chi connectivity index (χ0n) is 11.3. The van der Waals surface area contributed by atoms with E-state index in [9.17, 15) is 23.6 Å². The zero-order chi connectivity index (χ0) is 15.6. The molecule has 1 aromatic carbocycles. The zero-order valence-corrected chi connectivity index (χ0v) is 12.1. The SMILES string of the molecule is Nc1cc(S(=O)(=O)N2CCCC(CO)C2)ccc1[N+](=O)[O-]. The lowest BCUT2D eigenvalue weighted by atomic mass is 10.0. The number of nitro groups is 1. The van der Waals surface area contributed by atoms with Crippen LogP contribution in [0.3, 0.4) is 0 Å². The molecule has 0 radical (unpaired) electrons. The predicted molar refractivity (Wildman–Crippen MR) is 76.1 cm³/mol. The maximum absolute atomic E-state index is 12.5. The van der Waals surface area contributed by atoms with Gasteiger partial charge < -0.3 is 10.8 Å². The molecule has 3 N–H and O–H groups in total. The molecule has 1 heterocycles. The number of benzene rings is 1. The average molecular weight is 315 g/mol. The number of rotatable bonds is 4. The molecular weight excluding hydrogens is 298 g/mol. The number of anilines is 1. The van der Waals surface area contributed by atoms with Gasteiger partial charge in [-0.25, -0.2) is 8.42 Å². The Balaban J connectivity index is 2.31. The highest BCUT2D eigenvalue weighted by molar-refractivity contribution is 7.89. The number of aliphatic hydroxyl groups excluding tert-OH is 1. The van der Waals surface area contributed by atoms with Crippen molar-refractivity contribution < 1.29 is 18.4 Å². The van der Waals surface area contributed by atoms with Crippen LogP contribution in [-0.2, 0) is 10.0 Å². The lowest BCUT2D eigenvalue weighted by Crippen LogP contribution is -2.40. The smallest absolute Gasteiger partial charge is 0.292 e. The van der Waals surface area contributed by atoms with Crippen molar-refractivity contribution in [3.63, 3.8) is 0 Å². The Morgan fingerprint density at radius 2 is 2.19 bits per heavy atom. The summed E-state index contributed by atoms with van der Waals surface area (Å²) in [5.41, 5.74) is 5.04. The van der Waals surface area contributed by atoms with Crippen molar-refractivity contribution in [2.45, 2.75) is 17.7 Å². The molecular formula is C12H17N3O5S. The van der Waals surface area contributed by atoms with E-state index >= 15 is 0 Å². The molecule has 0 saturated carbocycles. The average Bonchev–Trinajstić information content (AvgIpc) is 2.46. The third-order valence-electron chi connectivity index (χ3n) is 3.57. The summed E-state index contributed by atoms with van der Waals surface area (Å²) in [6.07, 6.45) is 1.46. The first kappa shape index (κ1) is 15.7. The molecule has 0 amide bonds. The van der Waals surface area contributed by atoms with E-state index in [0.29, 0.717) is 13.0 Å². The second-order valence-electron chi connectivity index (χ2n) is 5.03. The van der Waals surface area contributed by atoms with Crippen molar-refractivity contribution in [3.05, 3.63) is 28.3 Å². The number of hydrogen-bond acceptors (Lipinski definition) is 6.